The lowest BCUT2D eigenvalue weighted by Crippen LogP contribution is -2.37. The number of hydrogen-bond donors (Lipinski definition) is 3. The van der Waals surface area contributed by atoms with E-state index in [-0.39, 0.29) is 5.92 Å². The van der Waals surface area contributed by atoms with Crippen LogP contribution in [0.4, 0.5) is 5.69 Å². The molecule has 0 spiro atoms. The van der Waals surface area contributed by atoms with Gasteiger partial charge in [0.2, 0.25) is 0 Å². The number of carboxylic acid groups (broad SMARTS) is 1. The minimum absolute atomic E-state index is 0.0694. The van der Waals surface area contributed by atoms with Gasteiger partial charge in [-0.1, -0.05) is 23.2 Å². The molecule has 7 rings (SSSR count). The van der Waals surface area contributed by atoms with Gasteiger partial charge >= 0.3 is 5.97 Å². The maximum absolute atomic E-state index is 10.6. The fourth-order valence-electron chi connectivity index (χ4n) is 5.52. The zero-order valence-electron chi connectivity index (χ0n) is 22.6. The van der Waals surface area contributed by atoms with Crippen molar-refractivity contribution >= 4 is 69.0 Å². The van der Waals surface area contributed by atoms with Gasteiger partial charge in [0.25, 0.3) is 0 Å². The number of nitrogens with zero attached hydrogens (tertiary/aromatic N) is 3. The molecule has 1 aromatic heterocycles. The number of halogens is 2. The summed E-state index contributed by atoms with van der Waals surface area (Å²) in [6.07, 6.45) is 9.75. The van der Waals surface area contributed by atoms with Crippen molar-refractivity contribution in [1.82, 2.24) is 14.8 Å². The Bertz CT molecular complexity index is 1300. The highest BCUT2D eigenvalue weighted by molar-refractivity contribution is 7.80. The van der Waals surface area contributed by atoms with Gasteiger partial charge in [-0.15, -0.1) is 24.0 Å². The number of aliphatic carboxylic acids is 1. The van der Waals surface area contributed by atoms with Crippen LogP contribution in [-0.2, 0) is 4.79 Å². The molecule has 10 heteroatoms. The van der Waals surface area contributed by atoms with Gasteiger partial charge in [-0.2, -0.15) is 0 Å². The fraction of sp³-hybridized carbons (Fsp3) is 0.533. The van der Waals surface area contributed by atoms with Crippen LogP contribution in [0.1, 0.15) is 62.3 Å². The molecule has 40 heavy (non-hydrogen) atoms. The number of carboxylic acids is 1. The Kier molecular flexibility index (Phi) is 10.2. The number of nitrogen functional groups attached to an aromatic ring is 1. The van der Waals surface area contributed by atoms with Crippen LogP contribution in [-0.4, -0.2) is 64.1 Å². The lowest BCUT2D eigenvalue weighted by Gasteiger charge is -2.30. The van der Waals surface area contributed by atoms with Crippen LogP contribution in [0.15, 0.2) is 41.3 Å². The second-order valence-corrected chi connectivity index (χ2v) is 13.7. The summed E-state index contributed by atoms with van der Waals surface area (Å²) in [6.45, 7) is 4.52. The lowest BCUT2D eigenvalue weighted by atomic mass is 9.97. The predicted octanol–water partition coefficient (Wildman–Crippen LogP) is 7.45. The molecule has 3 N–H and O–H groups in total. The molecule has 2 saturated carbocycles. The molecule has 2 aliphatic carbocycles. The highest BCUT2D eigenvalue weighted by Crippen LogP contribution is 2.37. The lowest BCUT2D eigenvalue weighted by molar-refractivity contribution is -0.143. The molecule has 216 valence electrons. The van der Waals surface area contributed by atoms with E-state index in [1.807, 2.05) is 23.5 Å². The van der Waals surface area contributed by atoms with Crippen molar-refractivity contribution in [3.63, 3.8) is 0 Å². The molecule has 0 amide bonds. The largest absolute Gasteiger partial charge is 0.481 e. The maximum Gasteiger partial charge on any atom is 0.306 e. The second-order valence-electron chi connectivity index (χ2n) is 11.3. The van der Waals surface area contributed by atoms with E-state index in [1.54, 1.807) is 18.2 Å². The minimum Gasteiger partial charge on any atom is -0.481 e. The molecule has 0 unspecified atom stereocenters. The Balaban J connectivity index is 0.000000132. The molecule has 2 aliphatic heterocycles. The summed E-state index contributed by atoms with van der Waals surface area (Å²) in [5.74, 6) is -0.0170. The quantitative estimate of drug-likeness (QED) is 0.207. The summed E-state index contributed by atoms with van der Waals surface area (Å²) in [5, 5.41) is 11.5. The predicted molar refractivity (Wildman–Crippen MR) is 169 cm³/mol. The van der Waals surface area contributed by atoms with E-state index in [4.69, 9.17) is 39.0 Å². The molecule has 4 fully saturated rings. The van der Waals surface area contributed by atoms with E-state index < -0.39 is 5.97 Å². The average Bonchev–Trinajstić information content (AvgIpc) is 3.89. The van der Waals surface area contributed by atoms with Crippen LogP contribution in [0.3, 0.4) is 0 Å². The first-order valence-corrected chi connectivity index (χ1v) is 16.3. The van der Waals surface area contributed by atoms with Crippen LogP contribution < -0.4 is 5.73 Å². The number of hydrogen-bond acceptors (Lipinski definition) is 7. The molecule has 2 aromatic carbocycles. The van der Waals surface area contributed by atoms with Crippen molar-refractivity contribution in [1.29, 1.82) is 0 Å². The number of piperidine rings is 2. The molecule has 0 radical (unpaired) electrons. The van der Waals surface area contributed by atoms with Crippen LogP contribution in [0.25, 0.3) is 10.2 Å². The molecule has 3 aromatic rings. The summed E-state index contributed by atoms with van der Waals surface area (Å²) in [5.41, 5.74) is 7.14. The molecular formula is C30H38Cl2N4O2S2. The number of thiazole rings is 1. The van der Waals surface area contributed by atoms with E-state index in [1.165, 1.54) is 61.3 Å². The third kappa shape index (κ3) is 8.26. The molecule has 2 saturated heterocycles. The van der Waals surface area contributed by atoms with E-state index in [2.05, 4.69) is 28.5 Å². The van der Waals surface area contributed by atoms with Gasteiger partial charge in [0.1, 0.15) is 0 Å². The van der Waals surface area contributed by atoms with Crippen molar-refractivity contribution in [3.05, 3.63) is 51.5 Å². The summed E-state index contributed by atoms with van der Waals surface area (Å²) in [7, 11) is 0. The molecule has 4 aliphatic rings. The van der Waals surface area contributed by atoms with Crippen LogP contribution in [0.5, 0.6) is 0 Å². The number of aromatic nitrogens is 1. The number of fused-ring (bicyclic) bond motifs is 1. The van der Waals surface area contributed by atoms with Crippen LogP contribution in [0.2, 0.25) is 10.0 Å². The number of likely N-dealkylation sites (tertiary alicyclic amines) is 2. The Hall–Kier alpha value is -1.55. The Morgan fingerprint density at radius 2 is 1.43 bits per heavy atom. The zero-order chi connectivity index (χ0) is 28.2. The topological polar surface area (TPSA) is 82.7 Å². The van der Waals surface area contributed by atoms with Gasteiger partial charge in [0.15, 0.2) is 0 Å². The average molecular weight is 622 g/mol. The number of anilines is 1. The number of carbonyl (C=O) groups is 1. The number of thiol groups is 1. The standard InChI is InChI=1S/C15H17ClN2S.C9H15NO2.C6H6ClNS/c16-11-1-4-14-13(9-11)17-15(19-14)10-5-7-18(8-6-10)12-2-3-12;11-9(12)7-3-5-10(6-4-7)8-1-2-8;7-4-1-2-6(9)5(8)3-4/h1,4,9-10,12H,2-3,5-8H2;7-8H,1-6H2,(H,11,12);1-3,9H,8H2. The highest BCUT2D eigenvalue weighted by atomic mass is 35.5. The molecule has 6 nitrogen and oxygen atoms in total. The van der Waals surface area contributed by atoms with Gasteiger partial charge in [-0.05, 0) is 114 Å². The Labute approximate surface area is 256 Å². The number of rotatable bonds is 4. The minimum atomic E-state index is -0.606. The smallest absolute Gasteiger partial charge is 0.306 e. The SMILES string of the molecule is Clc1ccc2sc(C3CCN(C4CC4)CC3)nc2c1.Nc1cc(Cl)ccc1S.O=C(O)C1CCN(C2CC2)CC1. The van der Waals surface area contributed by atoms with E-state index in [9.17, 15) is 4.79 Å². The monoisotopic (exact) mass is 620 g/mol. The Morgan fingerprint density at radius 1 is 0.875 bits per heavy atom. The van der Waals surface area contributed by atoms with Crippen LogP contribution >= 0.6 is 47.2 Å². The van der Waals surface area contributed by atoms with E-state index in [0.717, 1.165) is 53.4 Å². The van der Waals surface area contributed by atoms with Gasteiger partial charge in [-0.25, -0.2) is 4.98 Å². The first-order valence-electron chi connectivity index (χ1n) is 14.3. The van der Waals surface area contributed by atoms with Crippen molar-refractivity contribution in [3.8, 4) is 0 Å². The second kappa shape index (κ2) is 13.6. The third-order valence-corrected chi connectivity index (χ3v) is 10.3. The normalized spacial score (nSPS) is 20.9. The van der Waals surface area contributed by atoms with Crippen molar-refractivity contribution in [2.75, 3.05) is 31.9 Å². The number of benzene rings is 2. The van der Waals surface area contributed by atoms with Gasteiger partial charge < -0.3 is 20.6 Å². The first-order chi connectivity index (χ1) is 19.3. The van der Waals surface area contributed by atoms with Crippen molar-refractivity contribution < 1.29 is 9.90 Å². The van der Waals surface area contributed by atoms with Crippen LogP contribution in [0, 0.1) is 5.92 Å². The fourth-order valence-corrected chi connectivity index (χ4v) is 7.12. The van der Waals surface area contributed by atoms with Gasteiger partial charge in [-0.3, -0.25) is 4.79 Å². The summed E-state index contributed by atoms with van der Waals surface area (Å²) in [4.78, 5) is 21.3. The molecule has 0 atom stereocenters. The van der Waals surface area contributed by atoms with E-state index in [0.29, 0.717) is 16.6 Å². The maximum atomic E-state index is 10.6. The first kappa shape index (κ1) is 29.9. The van der Waals surface area contributed by atoms with Crippen molar-refractivity contribution in [2.24, 2.45) is 5.92 Å². The third-order valence-electron chi connectivity index (χ3n) is 8.24. The Morgan fingerprint density at radius 3 is 1.95 bits per heavy atom. The zero-order valence-corrected chi connectivity index (χ0v) is 25.9. The van der Waals surface area contributed by atoms with Crippen molar-refractivity contribution in [2.45, 2.75) is 74.3 Å². The van der Waals surface area contributed by atoms with E-state index >= 15 is 0 Å². The highest BCUT2D eigenvalue weighted by Gasteiger charge is 2.34. The summed E-state index contributed by atoms with van der Waals surface area (Å²) < 4.78 is 1.27. The number of nitrogens with two attached hydrogens (primary N) is 1. The summed E-state index contributed by atoms with van der Waals surface area (Å²) in [6, 6.07) is 12.9. The van der Waals surface area contributed by atoms with Gasteiger partial charge in [0.05, 0.1) is 21.1 Å². The van der Waals surface area contributed by atoms with Gasteiger partial charge in [0, 0.05) is 38.6 Å². The molecule has 0 bridgehead atoms. The molecule has 3 heterocycles. The summed E-state index contributed by atoms with van der Waals surface area (Å²) >= 11 is 17.5. The molecular weight excluding hydrogens is 583 g/mol.